The molecule has 0 unspecified atom stereocenters. The SMILES string of the molecule is COc1ccc(C(C)(C)C)cc1C(C)(C)S. The molecule has 0 saturated carbocycles. The van der Waals surface area contributed by atoms with E-state index >= 15 is 0 Å². The summed E-state index contributed by atoms with van der Waals surface area (Å²) in [6.45, 7) is 10.8. The fraction of sp³-hybridized carbons (Fsp3) is 0.571. The molecule has 0 radical (unpaired) electrons. The van der Waals surface area contributed by atoms with E-state index in [0.717, 1.165) is 11.3 Å². The van der Waals surface area contributed by atoms with E-state index in [1.807, 2.05) is 6.07 Å². The second-order valence-corrected chi connectivity index (χ2v) is 6.84. The molecule has 0 heterocycles. The molecule has 1 aromatic rings. The lowest BCUT2D eigenvalue weighted by Gasteiger charge is -2.26. The summed E-state index contributed by atoms with van der Waals surface area (Å²) >= 11 is 4.63. The number of methoxy groups -OCH3 is 1. The second kappa shape index (κ2) is 4.33. The average molecular weight is 238 g/mol. The van der Waals surface area contributed by atoms with Gasteiger partial charge in [0.2, 0.25) is 0 Å². The van der Waals surface area contributed by atoms with Crippen LogP contribution in [0.4, 0.5) is 0 Å². The van der Waals surface area contributed by atoms with E-state index in [1.54, 1.807) is 7.11 Å². The molecule has 1 aromatic carbocycles. The Hall–Kier alpha value is -0.630. The Labute approximate surface area is 105 Å². The zero-order valence-electron chi connectivity index (χ0n) is 11.1. The van der Waals surface area contributed by atoms with Crippen LogP contribution in [0.1, 0.15) is 45.7 Å². The van der Waals surface area contributed by atoms with E-state index in [9.17, 15) is 0 Å². The molecule has 90 valence electrons. The van der Waals surface area contributed by atoms with Crippen molar-refractivity contribution < 1.29 is 4.74 Å². The number of ether oxygens (including phenoxy) is 1. The summed E-state index contributed by atoms with van der Waals surface area (Å²) in [5.41, 5.74) is 2.61. The fourth-order valence-corrected chi connectivity index (χ4v) is 1.83. The van der Waals surface area contributed by atoms with Gasteiger partial charge in [0, 0.05) is 10.3 Å². The Morgan fingerprint density at radius 1 is 1.06 bits per heavy atom. The van der Waals surface area contributed by atoms with E-state index < -0.39 is 0 Å². The van der Waals surface area contributed by atoms with Crippen molar-refractivity contribution >= 4 is 12.6 Å². The first-order chi connectivity index (χ1) is 7.16. The molecule has 0 N–H and O–H groups in total. The molecule has 2 heteroatoms. The highest BCUT2D eigenvalue weighted by atomic mass is 32.1. The van der Waals surface area contributed by atoms with E-state index in [-0.39, 0.29) is 10.2 Å². The van der Waals surface area contributed by atoms with Gasteiger partial charge in [-0.2, -0.15) is 12.6 Å². The Balaban J connectivity index is 3.34. The summed E-state index contributed by atoms with van der Waals surface area (Å²) in [4.78, 5) is 0. The highest BCUT2D eigenvalue weighted by molar-refractivity contribution is 7.81. The smallest absolute Gasteiger partial charge is 0.123 e. The van der Waals surface area contributed by atoms with Gasteiger partial charge in [0.15, 0.2) is 0 Å². The van der Waals surface area contributed by atoms with Crippen LogP contribution >= 0.6 is 12.6 Å². The van der Waals surface area contributed by atoms with Gasteiger partial charge in [-0.05, 0) is 30.9 Å². The molecule has 0 bridgehead atoms. The van der Waals surface area contributed by atoms with Gasteiger partial charge in [-0.15, -0.1) is 0 Å². The van der Waals surface area contributed by atoms with Gasteiger partial charge >= 0.3 is 0 Å². The number of hydrogen-bond acceptors (Lipinski definition) is 2. The third kappa shape index (κ3) is 2.94. The molecule has 0 aromatic heterocycles. The van der Waals surface area contributed by atoms with Crippen LogP contribution in [0.15, 0.2) is 18.2 Å². The Bertz CT molecular complexity index is 369. The maximum absolute atomic E-state index is 5.39. The van der Waals surface area contributed by atoms with Crippen molar-refractivity contribution in [2.24, 2.45) is 0 Å². The molecule has 0 fully saturated rings. The molecule has 1 nitrogen and oxygen atoms in total. The van der Waals surface area contributed by atoms with Gasteiger partial charge < -0.3 is 4.74 Å². The largest absolute Gasteiger partial charge is 0.496 e. The average Bonchev–Trinajstić information content (AvgIpc) is 2.14. The normalized spacial score (nSPS) is 12.7. The van der Waals surface area contributed by atoms with Crippen molar-refractivity contribution in [1.82, 2.24) is 0 Å². The lowest BCUT2D eigenvalue weighted by molar-refractivity contribution is 0.405. The number of thiol groups is 1. The van der Waals surface area contributed by atoms with Crippen molar-refractivity contribution in [3.8, 4) is 5.75 Å². The Kier molecular flexibility index (Phi) is 3.63. The lowest BCUT2D eigenvalue weighted by Crippen LogP contribution is -2.15. The first-order valence-corrected chi connectivity index (χ1v) is 6.02. The summed E-state index contributed by atoms with van der Waals surface area (Å²) in [6.07, 6.45) is 0. The molecular formula is C14H22OS. The monoisotopic (exact) mass is 238 g/mol. The van der Waals surface area contributed by atoms with E-state index in [2.05, 4.69) is 59.4 Å². The topological polar surface area (TPSA) is 9.23 Å². The van der Waals surface area contributed by atoms with Gasteiger partial charge in [0.05, 0.1) is 7.11 Å². The van der Waals surface area contributed by atoms with E-state index in [0.29, 0.717) is 0 Å². The third-order valence-corrected chi connectivity index (χ3v) is 2.97. The molecule has 0 amide bonds. The van der Waals surface area contributed by atoms with Crippen molar-refractivity contribution in [3.05, 3.63) is 29.3 Å². The van der Waals surface area contributed by atoms with Gasteiger partial charge in [-0.25, -0.2) is 0 Å². The number of rotatable bonds is 2. The second-order valence-electron chi connectivity index (χ2n) is 5.72. The highest BCUT2D eigenvalue weighted by Crippen LogP contribution is 2.37. The number of benzene rings is 1. The van der Waals surface area contributed by atoms with Crippen LogP contribution in [0.25, 0.3) is 0 Å². The van der Waals surface area contributed by atoms with Gasteiger partial charge in [0.25, 0.3) is 0 Å². The summed E-state index contributed by atoms with van der Waals surface area (Å²) in [6, 6.07) is 6.36. The highest BCUT2D eigenvalue weighted by Gasteiger charge is 2.23. The minimum absolute atomic E-state index is 0.153. The molecule has 0 aliphatic carbocycles. The van der Waals surface area contributed by atoms with Crippen LogP contribution in [-0.2, 0) is 10.2 Å². The van der Waals surface area contributed by atoms with E-state index in [4.69, 9.17) is 4.74 Å². The van der Waals surface area contributed by atoms with E-state index in [1.165, 1.54) is 5.56 Å². The van der Waals surface area contributed by atoms with Crippen LogP contribution in [0.2, 0.25) is 0 Å². The summed E-state index contributed by atoms with van der Waals surface area (Å²) < 4.78 is 5.20. The minimum Gasteiger partial charge on any atom is -0.496 e. The van der Waals surface area contributed by atoms with Gasteiger partial charge in [-0.3, -0.25) is 0 Å². The zero-order chi connectivity index (χ0) is 12.6. The molecular weight excluding hydrogens is 216 g/mol. The molecule has 0 aliphatic rings. The van der Waals surface area contributed by atoms with Gasteiger partial charge in [0.1, 0.15) is 5.75 Å². The van der Waals surface area contributed by atoms with Crippen molar-refractivity contribution in [1.29, 1.82) is 0 Å². The van der Waals surface area contributed by atoms with Crippen molar-refractivity contribution in [2.45, 2.75) is 44.8 Å². The Morgan fingerprint density at radius 3 is 2.00 bits per heavy atom. The Morgan fingerprint density at radius 2 is 1.62 bits per heavy atom. The van der Waals surface area contributed by atoms with Crippen LogP contribution in [0.3, 0.4) is 0 Å². The van der Waals surface area contributed by atoms with Crippen LogP contribution in [-0.4, -0.2) is 7.11 Å². The quantitative estimate of drug-likeness (QED) is 0.761. The molecule has 0 atom stereocenters. The lowest BCUT2D eigenvalue weighted by atomic mass is 9.84. The molecule has 0 saturated heterocycles. The van der Waals surface area contributed by atoms with Crippen LogP contribution in [0.5, 0.6) is 5.75 Å². The standard InChI is InChI=1S/C14H22OS/c1-13(2,3)10-7-8-12(15-6)11(9-10)14(4,5)16/h7-9,16H,1-6H3. The van der Waals surface area contributed by atoms with Crippen LogP contribution < -0.4 is 4.74 Å². The molecule has 1 rings (SSSR count). The predicted octanol–water partition coefficient (Wildman–Crippen LogP) is 4.16. The third-order valence-electron chi connectivity index (χ3n) is 2.72. The maximum Gasteiger partial charge on any atom is 0.123 e. The molecule has 0 spiro atoms. The van der Waals surface area contributed by atoms with Gasteiger partial charge in [-0.1, -0.05) is 32.9 Å². The fourth-order valence-electron chi connectivity index (χ4n) is 1.65. The molecule has 16 heavy (non-hydrogen) atoms. The van der Waals surface area contributed by atoms with Crippen molar-refractivity contribution in [3.63, 3.8) is 0 Å². The van der Waals surface area contributed by atoms with Crippen molar-refractivity contribution in [2.75, 3.05) is 7.11 Å². The predicted molar refractivity (Wildman–Crippen MR) is 73.7 cm³/mol. The van der Waals surface area contributed by atoms with Crippen LogP contribution in [0, 0.1) is 0 Å². The first kappa shape index (κ1) is 13.4. The summed E-state index contributed by atoms with van der Waals surface area (Å²) in [7, 11) is 1.70. The zero-order valence-corrected chi connectivity index (χ0v) is 12.0. The minimum atomic E-state index is -0.188. The number of hydrogen-bond donors (Lipinski definition) is 1. The first-order valence-electron chi connectivity index (χ1n) is 5.57. The summed E-state index contributed by atoms with van der Waals surface area (Å²) in [5.74, 6) is 0.910. The molecule has 0 aliphatic heterocycles. The maximum atomic E-state index is 5.39. The summed E-state index contributed by atoms with van der Waals surface area (Å²) in [5, 5.41) is 0.